The standard InChI is InChI=1S/C28H28O6S/c29-24(30)17-19-27(25(31)32,26(33)34)18-10-20-35-28(21-11-4-1-5-12-21,22-13-6-2-7-14-22)23-15-8-3-9-16-23/h1-9,11-16H,10,17-20H2,(H,29,30)(H,31,32)(H,33,34). The van der Waals surface area contributed by atoms with Crippen molar-refractivity contribution in [2.75, 3.05) is 5.75 Å². The van der Waals surface area contributed by atoms with Gasteiger partial charge in [-0.2, -0.15) is 0 Å². The predicted molar refractivity (Wildman–Crippen MR) is 135 cm³/mol. The number of rotatable bonds is 13. The molecule has 35 heavy (non-hydrogen) atoms. The van der Waals surface area contributed by atoms with Crippen LogP contribution in [0.25, 0.3) is 0 Å². The Morgan fingerprint density at radius 2 is 1.03 bits per heavy atom. The molecule has 0 saturated heterocycles. The minimum atomic E-state index is -2.13. The fourth-order valence-electron chi connectivity index (χ4n) is 4.33. The molecule has 0 atom stereocenters. The Kier molecular flexibility index (Phi) is 8.71. The smallest absolute Gasteiger partial charge is 0.321 e. The molecule has 0 bridgehead atoms. The second-order valence-corrected chi connectivity index (χ2v) is 9.63. The zero-order valence-corrected chi connectivity index (χ0v) is 20.0. The lowest BCUT2D eigenvalue weighted by Crippen LogP contribution is -2.40. The molecule has 3 aromatic carbocycles. The van der Waals surface area contributed by atoms with Gasteiger partial charge in [0, 0.05) is 6.42 Å². The molecule has 0 aliphatic rings. The summed E-state index contributed by atoms with van der Waals surface area (Å²) in [6, 6.07) is 30.0. The molecule has 0 amide bonds. The van der Waals surface area contributed by atoms with Crippen LogP contribution < -0.4 is 0 Å². The van der Waals surface area contributed by atoms with Crippen LogP contribution in [-0.2, 0) is 19.1 Å². The number of thioether (sulfide) groups is 1. The molecule has 0 aliphatic carbocycles. The molecule has 0 radical (unpaired) electrons. The maximum Gasteiger partial charge on any atom is 0.321 e. The number of carboxylic acid groups (broad SMARTS) is 3. The highest BCUT2D eigenvalue weighted by Crippen LogP contribution is 2.49. The summed E-state index contributed by atoms with van der Waals surface area (Å²) in [6.07, 6.45) is -0.851. The van der Waals surface area contributed by atoms with Crippen LogP contribution in [0.2, 0.25) is 0 Å². The zero-order valence-electron chi connectivity index (χ0n) is 19.2. The summed E-state index contributed by atoms with van der Waals surface area (Å²) in [6.45, 7) is 0. The summed E-state index contributed by atoms with van der Waals surface area (Å²) in [7, 11) is 0. The number of hydrogen-bond acceptors (Lipinski definition) is 4. The van der Waals surface area contributed by atoms with E-state index in [1.54, 1.807) is 11.8 Å². The summed E-state index contributed by atoms with van der Waals surface area (Å²) < 4.78 is -0.597. The number of aliphatic carboxylic acids is 3. The summed E-state index contributed by atoms with van der Waals surface area (Å²) in [5, 5.41) is 28.4. The Morgan fingerprint density at radius 3 is 1.37 bits per heavy atom. The van der Waals surface area contributed by atoms with Gasteiger partial charge < -0.3 is 15.3 Å². The van der Waals surface area contributed by atoms with E-state index >= 15 is 0 Å². The number of benzene rings is 3. The van der Waals surface area contributed by atoms with Crippen molar-refractivity contribution in [3.63, 3.8) is 0 Å². The van der Waals surface area contributed by atoms with Crippen molar-refractivity contribution in [2.45, 2.75) is 30.4 Å². The van der Waals surface area contributed by atoms with Gasteiger partial charge in [0.25, 0.3) is 0 Å². The van der Waals surface area contributed by atoms with Gasteiger partial charge in [0.1, 0.15) is 0 Å². The lowest BCUT2D eigenvalue weighted by atomic mass is 9.79. The van der Waals surface area contributed by atoms with Crippen LogP contribution in [0, 0.1) is 5.41 Å². The van der Waals surface area contributed by atoms with Gasteiger partial charge in [0.05, 0.1) is 4.75 Å². The topological polar surface area (TPSA) is 112 Å². The molecule has 0 fully saturated rings. The number of carbonyl (C=O) groups is 3. The zero-order chi connectivity index (χ0) is 25.3. The van der Waals surface area contributed by atoms with Crippen LogP contribution in [0.1, 0.15) is 42.4 Å². The van der Waals surface area contributed by atoms with Crippen LogP contribution in [0.3, 0.4) is 0 Å². The first-order valence-electron chi connectivity index (χ1n) is 11.3. The average molecular weight is 493 g/mol. The SMILES string of the molecule is O=C(O)CCC(CCCSC(c1ccccc1)(c1ccccc1)c1ccccc1)(C(=O)O)C(=O)O. The summed E-state index contributed by atoms with van der Waals surface area (Å²) in [4.78, 5) is 34.9. The molecule has 6 nitrogen and oxygen atoms in total. The fourth-order valence-corrected chi connectivity index (χ4v) is 5.84. The van der Waals surface area contributed by atoms with Gasteiger partial charge in [0.2, 0.25) is 0 Å². The normalized spacial score (nSPS) is 11.7. The van der Waals surface area contributed by atoms with Crippen molar-refractivity contribution in [3.8, 4) is 0 Å². The van der Waals surface area contributed by atoms with Gasteiger partial charge in [-0.05, 0) is 41.7 Å². The highest BCUT2D eigenvalue weighted by Gasteiger charge is 2.46. The summed E-state index contributed by atoms with van der Waals surface area (Å²) in [5.74, 6) is -3.76. The van der Waals surface area contributed by atoms with Crippen molar-refractivity contribution in [1.82, 2.24) is 0 Å². The van der Waals surface area contributed by atoms with E-state index in [0.717, 1.165) is 16.7 Å². The molecule has 0 heterocycles. The van der Waals surface area contributed by atoms with Gasteiger partial charge in [-0.1, -0.05) is 91.0 Å². The molecule has 3 aromatic rings. The van der Waals surface area contributed by atoms with E-state index in [1.807, 2.05) is 54.6 Å². The minimum absolute atomic E-state index is 0.160. The lowest BCUT2D eigenvalue weighted by Gasteiger charge is -2.36. The van der Waals surface area contributed by atoms with Crippen molar-refractivity contribution in [1.29, 1.82) is 0 Å². The summed E-state index contributed by atoms with van der Waals surface area (Å²) >= 11 is 1.61. The van der Waals surface area contributed by atoms with Crippen LogP contribution in [0.15, 0.2) is 91.0 Å². The molecule has 0 aliphatic heterocycles. The quantitative estimate of drug-likeness (QED) is 0.164. The molecule has 0 saturated carbocycles. The van der Waals surface area contributed by atoms with Crippen molar-refractivity contribution in [2.24, 2.45) is 5.41 Å². The Morgan fingerprint density at radius 1 is 0.629 bits per heavy atom. The largest absolute Gasteiger partial charge is 0.481 e. The van der Waals surface area contributed by atoms with Crippen molar-refractivity contribution in [3.05, 3.63) is 108 Å². The van der Waals surface area contributed by atoms with Crippen molar-refractivity contribution < 1.29 is 29.7 Å². The fraction of sp³-hybridized carbons (Fsp3) is 0.250. The maximum absolute atomic E-state index is 12.0. The van der Waals surface area contributed by atoms with Gasteiger partial charge in [0.15, 0.2) is 5.41 Å². The second-order valence-electron chi connectivity index (χ2n) is 8.32. The van der Waals surface area contributed by atoms with Crippen LogP contribution in [0.5, 0.6) is 0 Å². The first-order chi connectivity index (χ1) is 16.8. The third-order valence-electron chi connectivity index (χ3n) is 6.19. The molecule has 0 spiro atoms. The second kappa shape index (κ2) is 11.7. The molecular weight excluding hydrogens is 464 g/mol. The van der Waals surface area contributed by atoms with E-state index in [0.29, 0.717) is 5.75 Å². The molecule has 182 valence electrons. The van der Waals surface area contributed by atoms with Gasteiger partial charge in [-0.3, -0.25) is 14.4 Å². The monoisotopic (exact) mass is 492 g/mol. The molecule has 3 N–H and O–H groups in total. The Labute approximate surface area is 208 Å². The van der Waals surface area contributed by atoms with E-state index in [-0.39, 0.29) is 12.8 Å². The molecule has 7 heteroatoms. The van der Waals surface area contributed by atoms with Crippen LogP contribution >= 0.6 is 11.8 Å². The molecular formula is C28H28O6S. The van der Waals surface area contributed by atoms with Gasteiger partial charge in [-0.15, -0.1) is 11.8 Å². The van der Waals surface area contributed by atoms with Gasteiger partial charge in [-0.25, -0.2) is 0 Å². The lowest BCUT2D eigenvalue weighted by molar-refractivity contribution is -0.166. The number of hydrogen-bond donors (Lipinski definition) is 3. The van der Waals surface area contributed by atoms with E-state index in [9.17, 15) is 24.6 Å². The first-order valence-corrected chi connectivity index (χ1v) is 12.3. The molecule has 0 aromatic heterocycles. The Bertz CT molecular complexity index is 1020. The van der Waals surface area contributed by atoms with Crippen molar-refractivity contribution >= 4 is 29.7 Å². The minimum Gasteiger partial charge on any atom is -0.481 e. The third-order valence-corrected chi connectivity index (χ3v) is 7.82. The highest BCUT2D eigenvalue weighted by atomic mass is 32.2. The van der Waals surface area contributed by atoms with E-state index in [1.165, 1.54) is 0 Å². The average Bonchev–Trinajstić information content (AvgIpc) is 2.87. The predicted octanol–water partition coefficient (Wildman–Crippen LogP) is 5.51. The van der Waals surface area contributed by atoms with Crippen LogP contribution in [-0.4, -0.2) is 39.0 Å². The van der Waals surface area contributed by atoms with E-state index < -0.39 is 40.9 Å². The Hall–Kier alpha value is -3.58. The summed E-state index contributed by atoms with van der Waals surface area (Å²) in [5.41, 5.74) is 1.02. The van der Waals surface area contributed by atoms with E-state index in [2.05, 4.69) is 36.4 Å². The first kappa shape index (κ1) is 26.0. The maximum atomic E-state index is 12.0. The highest BCUT2D eigenvalue weighted by molar-refractivity contribution is 8.00. The van der Waals surface area contributed by atoms with E-state index in [4.69, 9.17) is 5.11 Å². The van der Waals surface area contributed by atoms with Gasteiger partial charge >= 0.3 is 17.9 Å². The number of carboxylic acids is 3. The van der Waals surface area contributed by atoms with Crippen LogP contribution in [0.4, 0.5) is 0 Å². The Balaban J connectivity index is 1.95. The third kappa shape index (κ3) is 5.74. The molecule has 3 rings (SSSR count). The molecule has 0 unspecified atom stereocenters.